The molecule has 0 atom stereocenters. The highest BCUT2D eigenvalue weighted by atomic mass is 16.3. The number of phenols is 1. The summed E-state index contributed by atoms with van der Waals surface area (Å²) in [6.07, 6.45) is 2.25. The van der Waals surface area contributed by atoms with Gasteiger partial charge in [0.15, 0.2) is 5.82 Å². The predicted octanol–water partition coefficient (Wildman–Crippen LogP) is 4.24. The highest BCUT2D eigenvalue weighted by Crippen LogP contribution is 2.31. The Morgan fingerprint density at radius 1 is 1.00 bits per heavy atom. The SMILES string of the molecule is CCCCN(C)c1nc(-c2ccccc2O)nc2ccccc12. The minimum Gasteiger partial charge on any atom is -0.507 e. The quantitative estimate of drug-likeness (QED) is 0.766. The van der Waals surface area contributed by atoms with Gasteiger partial charge in [-0.25, -0.2) is 9.97 Å². The Morgan fingerprint density at radius 3 is 2.52 bits per heavy atom. The Labute approximate surface area is 136 Å². The van der Waals surface area contributed by atoms with Gasteiger partial charge >= 0.3 is 0 Å². The molecule has 0 amide bonds. The fourth-order valence-electron chi connectivity index (χ4n) is 2.64. The van der Waals surface area contributed by atoms with E-state index in [9.17, 15) is 5.11 Å². The first-order valence-electron chi connectivity index (χ1n) is 7.97. The minimum atomic E-state index is 0.199. The molecular formula is C19H21N3O. The van der Waals surface area contributed by atoms with Crippen LogP contribution in [0.3, 0.4) is 0 Å². The molecule has 0 saturated heterocycles. The summed E-state index contributed by atoms with van der Waals surface area (Å²) in [6, 6.07) is 15.2. The van der Waals surface area contributed by atoms with E-state index < -0.39 is 0 Å². The molecule has 2 aromatic carbocycles. The molecule has 1 aromatic heterocycles. The lowest BCUT2D eigenvalue weighted by atomic mass is 10.1. The second-order valence-electron chi connectivity index (χ2n) is 5.68. The van der Waals surface area contributed by atoms with E-state index in [2.05, 4.69) is 23.9 Å². The lowest BCUT2D eigenvalue weighted by molar-refractivity contribution is 0.477. The van der Waals surface area contributed by atoms with Crippen LogP contribution in [0.15, 0.2) is 48.5 Å². The number of para-hydroxylation sites is 2. The molecule has 0 unspecified atom stereocenters. The van der Waals surface area contributed by atoms with E-state index in [4.69, 9.17) is 4.98 Å². The molecule has 0 saturated carbocycles. The smallest absolute Gasteiger partial charge is 0.165 e. The highest BCUT2D eigenvalue weighted by molar-refractivity contribution is 5.91. The van der Waals surface area contributed by atoms with Gasteiger partial charge in [-0.2, -0.15) is 0 Å². The first kappa shape index (κ1) is 15.3. The summed E-state index contributed by atoms with van der Waals surface area (Å²) in [5.41, 5.74) is 1.54. The molecule has 23 heavy (non-hydrogen) atoms. The van der Waals surface area contributed by atoms with Crippen LogP contribution in [0.25, 0.3) is 22.3 Å². The van der Waals surface area contributed by atoms with Gasteiger partial charge in [-0.3, -0.25) is 0 Å². The molecule has 0 radical (unpaired) electrons. The van der Waals surface area contributed by atoms with Gasteiger partial charge in [0, 0.05) is 19.0 Å². The Hall–Kier alpha value is -2.62. The summed E-state index contributed by atoms with van der Waals surface area (Å²) in [6.45, 7) is 3.12. The molecule has 0 spiro atoms. The summed E-state index contributed by atoms with van der Waals surface area (Å²) in [4.78, 5) is 11.5. The topological polar surface area (TPSA) is 49.2 Å². The first-order chi connectivity index (χ1) is 11.2. The van der Waals surface area contributed by atoms with Crippen LogP contribution in [-0.2, 0) is 0 Å². The van der Waals surface area contributed by atoms with Crippen LogP contribution in [0.2, 0.25) is 0 Å². The summed E-state index contributed by atoms with van der Waals surface area (Å²) in [7, 11) is 2.05. The van der Waals surface area contributed by atoms with Crippen molar-refractivity contribution < 1.29 is 5.11 Å². The number of benzene rings is 2. The molecule has 0 fully saturated rings. The van der Waals surface area contributed by atoms with Gasteiger partial charge in [-0.15, -0.1) is 0 Å². The number of rotatable bonds is 5. The molecule has 0 bridgehead atoms. The third kappa shape index (κ3) is 3.11. The molecule has 1 N–H and O–H groups in total. The van der Waals surface area contributed by atoms with Crippen LogP contribution in [0.5, 0.6) is 5.75 Å². The first-order valence-corrected chi connectivity index (χ1v) is 7.97. The Morgan fingerprint density at radius 2 is 1.74 bits per heavy atom. The van der Waals surface area contributed by atoms with E-state index in [-0.39, 0.29) is 5.75 Å². The minimum absolute atomic E-state index is 0.199. The van der Waals surface area contributed by atoms with Crippen molar-refractivity contribution in [1.82, 2.24) is 9.97 Å². The van der Waals surface area contributed by atoms with Crippen LogP contribution < -0.4 is 4.90 Å². The summed E-state index contributed by atoms with van der Waals surface area (Å²) >= 11 is 0. The van der Waals surface area contributed by atoms with E-state index in [1.165, 1.54) is 0 Å². The molecule has 0 aliphatic rings. The van der Waals surface area contributed by atoms with Crippen molar-refractivity contribution in [3.8, 4) is 17.1 Å². The van der Waals surface area contributed by atoms with E-state index >= 15 is 0 Å². The molecule has 4 heteroatoms. The highest BCUT2D eigenvalue weighted by Gasteiger charge is 2.14. The van der Waals surface area contributed by atoms with Gasteiger partial charge in [0.2, 0.25) is 0 Å². The number of nitrogens with zero attached hydrogens (tertiary/aromatic N) is 3. The molecule has 0 aliphatic carbocycles. The van der Waals surface area contributed by atoms with Gasteiger partial charge in [-0.05, 0) is 30.7 Å². The van der Waals surface area contributed by atoms with Crippen molar-refractivity contribution in [3.63, 3.8) is 0 Å². The number of anilines is 1. The average molecular weight is 307 g/mol. The van der Waals surface area contributed by atoms with Crippen LogP contribution in [0, 0.1) is 0 Å². The lowest BCUT2D eigenvalue weighted by Crippen LogP contribution is -2.20. The molecule has 3 rings (SSSR count). The number of aromatic hydroxyl groups is 1. The van der Waals surface area contributed by atoms with E-state index in [1.54, 1.807) is 12.1 Å². The standard InChI is InChI=1S/C19H21N3O/c1-3-4-13-22(2)19-14-9-5-7-11-16(14)20-18(21-19)15-10-6-8-12-17(15)23/h5-12,23H,3-4,13H2,1-2H3. The maximum atomic E-state index is 10.1. The van der Waals surface area contributed by atoms with Gasteiger partial charge in [0.25, 0.3) is 0 Å². The van der Waals surface area contributed by atoms with Crippen molar-refractivity contribution in [2.24, 2.45) is 0 Å². The lowest BCUT2D eigenvalue weighted by Gasteiger charge is -2.20. The number of hydrogen-bond acceptors (Lipinski definition) is 4. The number of unbranched alkanes of at least 4 members (excludes halogenated alkanes) is 1. The zero-order chi connectivity index (χ0) is 16.2. The maximum absolute atomic E-state index is 10.1. The zero-order valence-electron chi connectivity index (χ0n) is 13.5. The second-order valence-corrected chi connectivity index (χ2v) is 5.68. The molecule has 4 nitrogen and oxygen atoms in total. The zero-order valence-corrected chi connectivity index (χ0v) is 13.5. The normalized spacial score (nSPS) is 10.9. The van der Waals surface area contributed by atoms with Crippen LogP contribution in [0.4, 0.5) is 5.82 Å². The van der Waals surface area contributed by atoms with Crippen molar-refractivity contribution >= 4 is 16.7 Å². The number of phenolic OH excluding ortho intramolecular Hbond substituents is 1. The average Bonchev–Trinajstić information content (AvgIpc) is 2.59. The Balaban J connectivity index is 2.16. The third-order valence-electron chi connectivity index (χ3n) is 3.94. The summed E-state index contributed by atoms with van der Waals surface area (Å²) in [5.74, 6) is 1.66. The van der Waals surface area contributed by atoms with Crippen molar-refractivity contribution in [2.75, 3.05) is 18.5 Å². The second kappa shape index (κ2) is 6.65. The van der Waals surface area contributed by atoms with Crippen molar-refractivity contribution in [3.05, 3.63) is 48.5 Å². The van der Waals surface area contributed by atoms with Gasteiger partial charge < -0.3 is 10.0 Å². The van der Waals surface area contributed by atoms with Crippen LogP contribution >= 0.6 is 0 Å². The largest absolute Gasteiger partial charge is 0.507 e. The monoisotopic (exact) mass is 307 g/mol. The van der Waals surface area contributed by atoms with E-state index in [1.807, 2.05) is 36.4 Å². The summed E-state index contributed by atoms with van der Waals surface area (Å²) in [5, 5.41) is 11.1. The van der Waals surface area contributed by atoms with Crippen LogP contribution in [0.1, 0.15) is 19.8 Å². The third-order valence-corrected chi connectivity index (χ3v) is 3.94. The van der Waals surface area contributed by atoms with Crippen molar-refractivity contribution in [2.45, 2.75) is 19.8 Å². The van der Waals surface area contributed by atoms with Gasteiger partial charge in [0.1, 0.15) is 11.6 Å². The fourth-order valence-corrected chi connectivity index (χ4v) is 2.64. The van der Waals surface area contributed by atoms with Crippen LogP contribution in [-0.4, -0.2) is 28.7 Å². The number of aromatic nitrogens is 2. The molecular weight excluding hydrogens is 286 g/mol. The molecule has 1 heterocycles. The molecule has 118 valence electrons. The maximum Gasteiger partial charge on any atom is 0.165 e. The molecule has 3 aromatic rings. The fraction of sp³-hybridized carbons (Fsp3) is 0.263. The van der Waals surface area contributed by atoms with Gasteiger partial charge in [0.05, 0.1) is 11.1 Å². The predicted molar refractivity (Wildman–Crippen MR) is 94.8 cm³/mol. The van der Waals surface area contributed by atoms with Crippen molar-refractivity contribution in [1.29, 1.82) is 0 Å². The van der Waals surface area contributed by atoms with E-state index in [0.717, 1.165) is 36.1 Å². The van der Waals surface area contributed by atoms with Gasteiger partial charge in [-0.1, -0.05) is 37.6 Å². The number of fused-ring (bicyclic) bond motifs is 1. The molecule has 0 aliphatic heterocycles. The number of hydrogen-bond donors (Lipinski definition) is 1. The Bertz CT molecular complexity index is 817. The summed E-state index contributed by atoms with van der Waals surface area (Å²) < 4.78 is 0. The Kier molecular flexibility index (Phi) is 4.42. The van der Waals surface area contributed by atoms with E-state index in [0.29, 0.717) is 11.4 Å².